The van der Waals surface area contributed by atoms with Crippen LogP contribution in [-0.4, -0.2) is 16.3 Å². The number of anilines is 4. The van der Waals surface area contributed by atoms with E-state index in [9.17, 15) is 4.79 Å². The summed E-state index contributed by atoms with van der Waals surface area (Å²) in [6.45, 7) is 1.96. The van der Waals surface area contributed by atoms with E-state index in [0.29, 0.717) is 5.11 Å². The molecule has 4 aromatic carbocycles. The number of thiocarbonyl (C=S) groups is 1. The van der Waals surface area contributed by atoms with E-state index < -0.39 is 0 Å². The van der Waals surface area contributed by atoms with Crippen molar-refractivity contribution in [2.75, 3.05) is 15.5 Å². The van der Waals surface area contributed by atoms with Crippen molar-refractivity contribution < 1.29 is 4.79 Å². The Morgan fingerprint density at radius 3 is 1.89 bits per heavy atom. The Morgan fingerprint density at radius 2 is 1.29 bits per heavy atom. The first-order valence-corrected chi connectivity index (χ1v) is 13.3. The average Bonchev–Trinajstić information content (AvgIpc) is 2.88. The van der Waals surface area contributed by atoms with Crippen LogP contribution in [0.2, 0.25) is 0 Å². The summed E-state index contributed by atoms with van der Waals surface area (Å²) >= 11 is 8.67. The van der Waals surface area contributed by atoms with Gasteiger partial charge in [0, 0.05) is 26.1 Å². The Kier molecular flexibility index (Phi) is 7.08. The number of benzene rings is 4. The fourth-order valence-corrected chi connectivity index (χ4v) is 6.01. The number of nitrogens with one attached hydrogen (secondary N) is 2. The molecule has 0 radical (unpaired) electrons. The molecule has 4 nitrogen and oxygen atoms in total. The third-order valence-corrected chi connectivity index (χ3v) is 7.89. The highest BCUT2D eigenvalue weighted by molar-refractivity contribution is 8.00. The van der Waals surface area contributed by atoms with Crippen LogP contribution in [0.15, 0.2) is 118 Å². The molecule has 0 saturated heterocycles. The molecule has 0 bridgehead atoms. The number of carbonyl (C=O) groups excluding carboxylic acids is 1. The van der Waals surface area contributed by atoms with Crippen LogP contribution < -0.4 is 15.5 Å². The quantitative estimate of drug-likeness (QED) is 0.210. The van der Waals surface area contributed by atoms with Crippen molar-refractivity contribution in [2.24, 2.45) is 0 Å². The molecule has 5 rings (SSSR count). The standard InChI is InChI=1S/C28H23N3OS3/c1-19(27(32)31-23-11-5-7-13-25(23)35-26-14-8-6-12-24(26)31)34-22-17-15-21(16-18-22)30-28(33)29-20-9-3-2-4-10-20/h2-19H,1H3,(H2,29,30,33). The molecule has 0 fully saturated rings. The highest BCUT2D eigenvalue weighted by Crippen LogP contribution is 2.48. The van der Waals surface area contributed by atoms with Crippen molar-refractivity contribution in [3.8, 4) is 0 Å². The minimum Gasteiger partial charge on any atom is -0.332 e. The second-order valence-electron chi connectivity index (χ2n) is 7.94. The summed E-state index contributed by atoms with van der Waals surface area (Å²) in [5.41, 5.74) is 3.70. The molecule has 1 amide bonds. The van der Waals surface area contributed by atoms with E-state index in [1.807, 2.05) is 103 Å². The first kappa shape index (κ1) is 23.5. The maximum Gasteiger partial charge on any atom is 0.244 e. The fourth-order valence-electron chi connectivity index (χ4n) is 3.81. The highest BCUT2D eigenvalue weighted by Gasteiger charge is 2.31. The van der Waals surface area contributed by atoms with Gasteiger partial charge in [-0.2, -0.15) is 0 Å². The molecule has 1 heterocycles. The average molecular weight is 514 g/mol. The number of nitrogens with zero attached hydrogens (tertiary/aromatic N) is 1. The van der Waals surface area contributed by atoms with Crippen LogP contribution >= 0.6 is 35.7 Å². The fraction of sp³-hybridized carbons (Fsp3) is 0.0714. The number of thioether (sulfide) groups is 1. The number of carbonyl (C=O) groups is 1. The third-order valence-electron chi connectivity index (χ3n) is 5.46. The maximum absolute atomic E-state index is 13.7. The van der Waals surface area contributed by atoms with Crippen LogP contribution in [0.4, 0.5) is 22.7 Å². The van der Waals surface area contributed by atoms with E-state index in [4.69, 9.17) is 12.2 Å². The summed E-state index contributed by atoms with van der Waals surface area (Å²) in [5, 5.41) is 6.63. The highest BCUT2D eigenvalue weighted by atomic mass is 32.2. The van der Waals surface area contributed by atoms with Crippen LogP contribution in [0.5, 0.6) is 0 Å². The first-order chi connectivity index (χ1) is 17.1. The summed E-state index contributed by atoms with van der Waals surface area (Å²) in [6, 6.07) is 33.9. The molecular formula is C28H23N3OS3. The van der Waals surface area contributed by atoms with Gasteiger partial charge < -0.3 is 10.6 Å². The minimum absolute atomic E-state index is 0.0608. The summed E-state index contributed by atoms with van der Waals surface area (Å²) in [4.78, 5) is 18.7. The van der Waals surface area contributed by atoms with E-state index >= 15 is 0 Å². The smallest absolute Gasteiger partial charge is 0.244 e. The van der Waals surface area contributed by atoms with Crippen molar-refractivity contribution >= 4 is 69.5 Å². The molecule has 1 unspecified atom stereocenters. The van der Waals surface area contributed by atoms with Gasteiger partial charge in [0.25, 0.3) is 0 Å². The molecule has 174 valence electrons. The van der Waals surface area contributed by atoms with Gasteiger partial charge in [-0.3, -0.25) is 9.69 Å². The monoisotopic (exact) mass is 513 g/mol. The summed E-state index contributed by atoms with van der Waals surface area (Å²) in [6.07, 6.45) is 0. The molecule has 1 atom stereocenters. The van der Waals surface area contributed by atoms with Crippen molar-refractivity contribution in [1.29, 1.82) is 0 Å². The Bertz CT molecular complexity index is 1310. The van der Waals surface area contributed by atoms with Crippen LogP contribution in [0.25, 0.3) is 0 Å². The van der Waals surface area contributed by atoms with Crippen LogP contribution in [0.3, 0.4) is 0 Å². The van der Waals surface area contributed by atoms with E-state index in [-0.39, 0.29) is 11.2 Å². The molecule has 0 spiro atoms. The van der Waals surface area contributed by atoms with Crippen molar-refractivity contribution in [2.45, 2.75) is 26.9 Å². The molecule has 7 heteroatoms. The third kappa shape index (κ3) is 5.37. The number of fused-ring (bicyclic) bond motifs is 2. The van der Waals surface area contributed by atoms with Crippen LogP contribution in [0, 0.1) is 0 Å². The van der Waals surface area contributed by atoms with Gasteiger partial charge in [0.15, 0.2) is 5.11 Å². The number of amides is 1. The zero-order valence-electron chi connectivity index (χ0n) is 19.0. The van der Waals surface area contributed by atoms with Gasteiger partial charge in [-0.1, -0.05) is 54.2 Å². The molecule has 0 aromatic heterocycles. The summed E-state index contributed by atoms with van der Waals surface area (Å²) in [5.74, 6) is 0.0608. The van der Waals surface area contributed by atoms with Gasteiger partial charge in [0.2, 0.25) is 5.91 Å². The van der Waals surface area contributed by atoms with Crippen molar-refractivity contribution in [3.05, 3.63) is 103 Å². The molecule has 0 aliphatic carbocycles. The SMILES string of the molecule is CC(Sc1ccc(NC(=S)Nc2ccccc2)cc1)C(=O)N1c2ccccc2Sc2ccccc21. The molecular weight excluding hydrogens is 491 g/mol. The molecule has 1 aliphatic heterocycles. The topological polar surface area (TPSA) is 44.4 Å². The van der Waals surface area contributed by atoms with E-state index in [1.54, 1.807) is 23.5 Å². The van der Waals surface area contributed by atoms with Crippen molar-refractivity contribution in [1.82, 2.24) is 0 Å². The zero-order chi connectivity index (χ0) is 24.2. The molecule has 35 heavy (non-hydrogen) atoms. The predicted molar refractivity (Wildman–Crippen MR) is 152 cm³/mol. The lowest BCUT2D eigenvalue weighted by Gasteiger charge is -2.32. The minimum atomic E-state index is -0.265. The van der Waals surface area contributed by atoms with E-state index in [1.165, 1.54) is 0 Å². The zero-order valence-corrected chi connectivity index (χ0v) is 21.4. The van der Waals surface area contributed by atoms with Crippen LogP contribution in [-0.2, 0) is 4.79 Å². The van der Waals surface area contributed by atoms with Gasteiger partial charge in [-0.25, -0.2) is 0 Å². The lowest BCUT2D eigenvalue weighted by Crippen LogP contribution is -2.34. The number of para-hydroxylation sites is 3. The van der Waals surface area contributed by atoms with Gasteiger partial charge in [0.1, 0.15) is 0 Å². The second kappa shape index (κ2) is 10.6. The largest absolute Gasteiger partial charge is 0.332 e. The van der Waals surface area contributed by atoms with Gasteiger partial charge in [0.05, 0.1) is 16.6 Å². The Balaban J connectivity index is 1.27. The number of hydrogen-bond donors (Lipinski definition) is 2. The molecule has 1 aliphatic rings. The Morgan fingerprint density at radius 1 is 0.771 bits per heavy atom. The number of hydrogen-bond acceptors (Lipinski definition) is 4. The van der Waals surface area contributed by atoms with Gasteiger partial charge in [-0.05, 0) is 79.8 Å². The first-order valence-electron chi connectivity index (χ1n) is 11.2. The van der Waals surface area contributed by atoms with E-state index in [2.05, 4.69) is 22.8 Å². The van der Waals surface area contributed by atoms with Gasteiger partial charge >= 0.3 is 0 Å². The van der Waals surface area contributed by atoms with Crippen molar-refractivity contribution in [3.63, 3.8) is 0 Å². The second-order valence-corrected chi connectivity index (χ2v) is 10.8. The summed E-state index contributed by atoms with van der Waals surface area (Å²) < 4.78 is 0. The van der Waals surface area contributed by atoms with Gasteiger partial charge in [-0.15, -0.1) is 11.8 Å². The Labute approximate surface area is 219 Å². The lowest BCUT2D eigenvalue weighted by atomic mass is 10.2. The molecule has 0 saturated carbocycles. The number of rotatable bonds is 5. The molecule has 2 N–H and O–H groups in total. The van der Waals surface area contributed by atoms with Crippen LogP contribution in [0.1, 0.15) is 6.92 Å². The maximum atomic E-state index is 13.7. The van der Waals surface area contributed by atoms with E-state index in [0.717, 1.165) is 37.4 Å². The predicted octanol–water partition coefficient (Wildman–Crippen LogP) is 7.81. The lowest BCUT2D eigenvalue weighted by molar-refractivity contribution is -0.117. The molecule has 4 aromatic rings. The summed E-state index contributed by atoms with van der Waals surface area (Å²) in [7, 11) is 0. The Hall–Kier alpha value is -3.26. The normalized spacial score (nSPS) is 12.8.